The molecule has 0 bridgehead atoms. The van der Waals surface area contributed by atoms with Crippen molar-refractivity contribution in [3.8, 4) is 0 Å². The summed E-state index contributed by atoms with van der Waals surface area (Å²) in [6, 6.07) is 2.13. The third kappa shape index (κ3) is 3.37. The lowest BCUT2D eigenvalue weighted by Gasteiger charge is -2.34. The average molecular weight is 302 g/mol. The highest BCUT2D eigenvalue weighted by Gasteiger charge is 2.27. The van der Waals surface area contributed by atoms with Gasteiger partial charge in [0.1, 0.15) is 11.5 Å². The molecule has 0 unspecified atom stereocenters. The minimum Gasteiger partial charge on any atom is -0.379 e. The fourth-order valence-electron chi connectivity index (χ4n) is 2.34. The third-order valence-electron chi connectivity index (χ3n) is 3.75. The van der Waals surface area contributed by atoms with Gasteiger partial charge in [-0.15, -0.1) is 0 Å². The number of anilines is 1. The van der Waals surface area contributed by atoms with Gasteiger partial charge in [-0.2, -0.15) is 0 Å². The Kier molecular flexibility index (Phi) is 4.45. The monoisotopic (exact) mass is 301 g/mol. The van der Waals surface area contributed by atoms with Crippen LogP contribution < -0.4 is 10.6 Å². The summed E-state index contributed by atoms with van der Waals surface area (Å²) < 4.78 is 13.3. The molecule has 1 aromatic carbocycles. The number of halogens is 2. The van der Waals surface area contributed by atoms with E-state index in [4.69, 9.17) is 11.6 Å². The molecule has 0 atom stereocenters. The molecule has 110 valence electrons. The van der Waals surface area contributed by atoms with Crippen molar-refractivity contribution in [3.63, 3.8) is 0 Å². The number of benzene rings is 1. The Morgan fingerprint density at radius 1 is 1.50 bits per heavy atom. The van der Waals surface area contributed by atoms with E-state index in [1.807, 2.05) is 0 Å². The van der Waals surface area contributed by atoms with E-state index in [1.54, 1.807) is 0 Å². The Bertz CT molecular complexity index is 519. The fraction of sp³-hybridized carbons (Fsp3) is 0.538. The van der Waals surface area contributed by atoms with Crippen molar-refractivity contribution in [3.05, 3.63) is 33.1 Å². The van der Waals surface area contributed by atoms with Crippen LogP contribution in [0, 0.1) is 21.3 Å². The lowest BCUT2D eigenvalue weighted by molar-refractivity contribution is -0.384. The number of nitro benzene ring substituents is 1. The van der Waals surface area contributed by atoms with E-state index >= 15 is 0 Å². The summed E-state index contributed by atoms with van der Waals surface area (Å²) >= 11 is 5.70. The van der Waals surface area contributed by atoms with Gasteiger partial charge in [-0.05, 0) is 37.4 Å². The molecule has 1 fully saturated rings. The van der Waals surface area contributed by atoms with Crippen LogP contribution in [0.4, 0.5) is 15.8 Å². The molecule has 0 aliphatic carbocycles. The van der Waals surface area contributed by atoms with E-state index < -0.39 is 10.7 Å². The van der Waals surface area contributed by atoms with Crippen LogP contribution in [0.2, 0.25) is 5.02 Å². The van der Waals surface area contributed by atoms with E-state index in [0.29, 0.717) is 6.54 Å². The zero-order valence-corrected chi connectivity index (χ0v) is 12.0. The SMILES string of the molecule is CC1(CNc2cc(Cl)c(F)cc2[N+](=O)[O-])CCNCC1. The second-order valence-electron chi connectivity index (χ2n) is 5.45. The van der Waals surface area contributed by atoms with E-state index in [0.717, 1.165) is 32.0 Å². The highest BCUT2D eigenvalue weighted by atomic mass is 35.5. The summed E-state index contributed by atoms with van der Waals surface area (Å²) in [5, 5.41) is 17.2. The lowest BCUT2D eigenvalue weighted by atomic mass is 9.81. The minimum atomic E-state index is -0.781. The Labute approximate surface area is 121 Å². The predicted octanol–water partition coefficient (Wildman–Crippen LogP) is 3.19. The summed E-state index contributed by atoms with van der Waals surface area (Å²) in [5.41, 5.74) is 0.0468. The molecule has 2 rings (SSSR count). The fourth-order valence-corrected chi connectivity index (χ4v) is 2.51. The molecule has 0 saturated carbocycles. The summed E-state index contributed by atoms with van der Waals surface area (Å²) in [6.45, 7) is 4.60. The standard InChI is InChI=1S/C13H17ClFN3O2/c1-13(2-4-16-5-3-13)8-17-11-6-9(14)10(15)7-12(11)18(19)20/h6-7,16-17H,2-5,8H2,1H3. The Morgan fingerprint density at radius 2 is 2.15 bits per heavy atom. The highest BCUT2D eigenvalue weighted by Crippen LogP contribution is 2.33. The topological polar surface area (TPSA) is 67.2 Å². The maximum Gasteiger partial charge on any atom is 0.295 e. The van der Waals surface area contributed by atoms with Gasteiger partial charge in [-0.3, -0.25) is 10.1 Å². The second-order valence-corrected chi connectivity index (χ2v) is 5.86. The van der Waals surface area contributed by atoms with Crippen molar-refractivity contribution >= 4 is 23.0 Å². The molecular formula is C13H17ClFN3O2. The zero-order chi connectivity index (χ0) is 14.8. The largest absolute Gasteiger partial charge is 0.379 e. The van der Waals surface area contributed by atoms with E-state index in [1.165, 1.54) is 6.07 Å². The van der Waals surface area contributed by atoms with Gasteiger partial charge < -0.3 is 10.6 Å². The molecule has 1 heterocycles. The van der Waals surface area contributed by atoms with Gasteiger partial charge in [0.15, 0.2) is 0 Å². The van der Waals surface area contributed by atoms with Crippen LogP contribution in [0.1, 0.15) is 19.8 Å². The van der Waals surface area contributed by atoms with Crippen LogP contribution in [-0.4, -0.2) is 24.6 Å². The molecule has 0 spiro atoms. The molecule has 20 heavy (non-hydrogen) atoms. The van der Waals surface area contributed by atoms with Crippen LogP contribution in [0.15, 0.2) is 12.1 Å². The van der Waals surface area contributed by atoms with Crippen LogP contribution in [0.3, 0.4) is 0 Å². The van der Waals surface area contributed by atoms with E-state index in [9.17, 15) is 14.5 Å². The first-order chi connectivity index (χ1) is 9.41. The minimum absolute atomic E-state index is 0.0694. The number of piperidine rings is 1. The Morgan fingerprint density at radius 3 is 2.75 bits per heavy atom. The van der Waals surface area contributed by atoms with Gasteiger partial charge in [-0.25, -0.2) is 4.39 Å². The number of nitrogens with zero attached hydrogens (tertiary/aromatic N) is 1. The van der Waals surface area contributed by atoms with Crippen LogP contribution in [0.5, 0.6) is 0 Å². The van der Waals surface area contributed by atoms with Gasteiger partial charge in [0.25, 0.3) is 5.69 Å². The van der Waals surface area contributed by atoms with Crippen LogP contribution in [-0.2, 0) is 0 Å². The first-order valence-electron chi connectivity index (χ1n) is 6.49. The quantitative estimate of drug-likeness (QED) is 0.662. The molecule has 0 amide bonds. The molecule has 1 saturated heterocycles. The second kappa shape index (κ2) is 5.93. The van der Waals surface area contributed by atoms with Gasteiger partial charge >= 0.3 is 0 Å². The van der Waals surface area contributed by atoms with Gasteiger partial charge in [0.2, 0.25) is 0 Å². The number of hydrogen-bond donors (Lipinski definition) is 2. The van der Waals surface area contributed by atoms with Crippen molar-refractivity contribution in [1.29, 1.82) is 0 Å². The van der Waals surface area contributed by atoms with Crippen LogP contribution in [0.25, 0.3) is 0 Å². The van der Waals surface area contributed by atoms with Gasteiger partial charge in [0, 0.05) is 6.54 Å². The predicted molar refractivity (Wildman–Crippen MR) is 76.8 cm³/mol. The maximum atomic E-state index is 13.3. The van der Waals surface area contributed by atoms with Crippen LogP contribution >= 0.6 is 11.6 Å². The summed E-state index contributed by atoms with van der Waals surface area (Å²) in [7, 11) is 0. The molecule has 1 aliphatic rings. The smallest absolute Gasteiger partial charge is 0.295 e. The van der Waals surface area contributed by atoms with Crippen molar-refractivity contribution < 1.29 is 9.31 Å². The van der Waals surface area contributed by atoms with Gasteiger partial charge in [-0.1, -0.05) is 18.5 Å². The van der Waals surface area contributed by atoms with Crippen molar-refractivity contribution in [2.24, 2.45) is 5.41 Å². The number of hydrogen-bond acceptors (Lipinski definition) is 4. The number of nitrogens with one attached hydrogen (secondary N) is 2. The summed E-state index contributed by atoms with van der Waals surface area (Å²) in [6.07, 6.45) is 1.98. The first-order valence-corrected chi connectivity index (χ1v) is 6.87. The average Bonchev–Trinajstić information content (AvgIpc) is 2.40. The van der Waals surface area contributed by atoms with E-state index in [-0.39, 0.29) is 21.8 Å². The molecular weight excluding hydrogens is 285 g/mol. The number of nitro groups is 1. The molecule has 1 aromatic rings. The van der Waals surface area contributed by atoms with Gasteiger partial charge in [0.05, 0.1) is 16.0 Å². The summed E-state index contributed by atoms with van der Waals surface area (Å²) in [5.74, 6) is -0.781. The first kappa shape index (κ1) is 15.0. The molecule has 2 N–H and O–H groups in total. The Balaban J connectivity index is 2.16. The van der Waals surface area contributed by atoms with E-state index in [2.05, 4.69) is 17.6 Å². The molecule has 1 aliphatic heterocycles. The molecule has 0 radical (unpaired) electrons. The number of rotatable bonds is 4. The molecule has 0 aromatic heterocycles. The normalized spacial score (nSPS) is 17.8. The maximum absolute atomic E-state index is 13.3. The van der Waals surface area contributed by atoms with Crippen molar-refractivity contribution in [2.75, 3.05) is 25.0 Å². The van der Waals surface area contributed by atoms with Crippen molar-refractivity contribution in [1.82, 2.24) is 5.32 Å². The zero-order valence-electron chi connectivity index (χ0n) is 11.2. The highest BCUT2D eigenvalue weighted by molar-refractivity contribution is 6.31. The Hall–Kier alpha value is -1.40. The summed E-state index contributed by atoms with van der Waals surface area (Å²) in [4.78, 5) is 10.4. The molecule has 5 nitrogen and oxygen atoms in total. The van der Waals surface area contributed by atoms with Crippen molar-refractivity contribution in [2.45, 2.75) is 19.8 Å². The third-order valence-corrected chi connectivity index (χ3v) is 4.04. The molecule has 7 heteroatoms. The lowest BCUT2D eigenvalue weighted by Crippen LogP contribution is -2.39.